The van der Waals surface area contributed by atoms with Crippen LogP contribution in [0.25, 0.3) is 11.1 Å². The highest BCUT2D eigenvalue weighted by atomic mass is 16.5. The number of carboxylic acids is 1. The lowest BCUT2D eigenvalue weighted by Gasteiger charge is -2.17. The van der Waals surface area contributed by atoms with Crippen molar-refractivity contribution < 1.29 is 24.2 Å². The van der Waals surface area contributed by atoms with Crippen LogP contribution in [0.1, 0.15) is 47.1 Å². The van der Waals surface area contributed by atoms with Crippen LogP contribution in [-0.4, -0.2) is 45.5 Å². The lowest BCUT2D eigenvalue weighted by atomic mass is 9.98. The standard InChI is InChI=1S/C26H28N4O5/c1-15(2)23(25(32)33)28-24(31)22-12-16(29-30(22)3)13-27-26(34)35-14-21-19-10-6-4-8-17(19)18-9-5-7-11-20(18)21/h4-12,15,21,23H,13-14H2,1-3H3,(H,27,34)(H,28,31)(H,32,33)/t23-/m1/s1. The van der Waals surface area contributed by atoms with E-state index in [0.29, 0.717) is 5.69 Å². The van der Waals surface area contributed by atoms with Gasteiger partial charge in [0.25, 0.3) is 5.91 Å². The number of carbonyl (C=O) groups excluding carboxylic acids is 2. The summed E-state index contributed by atoms with van der Waals surface area (Å²) in [7, 11) is 1.58. The van der Waals surface area contributed by atoms with Gasteiger partial charge in [0.05, 0.1) is 12.2 Å². The number of nitrogens with zero attached hydrogens (tertiary/aromatic N) is 2. The first-order valence-electron chi connectivity index (χ1n) is 11.4. The molecular weight excluding hydrogens is 448 g/mol. The number of benzene rings is 2. The zero-order valence-corrected chi connectivity index (χ0v) is 19.8. The number of aryl methyl sites for hydroxylation is 1. The average Bonchev–Trinajstić information content (AvgIpc) is 3.37. The molecule has 9 nitrogen and oxygen atoms in total. The molecule has 3 N–H and O–H groups in total. The third kappa shape index (κ3) is 5.03. The van der Waals surface area contributed by atoms with Gasteiger partial charge in [-0.3, -0.25) is 9.48 Å². The molecule has 1 atom stereocenters. The molecule has 3 aromatic rings. The summed E-state index contributed by atoms with van der Waals surface area (Å²) in [5, 5.41) is 18.7. The minimum Gasteiger partial charge on any atom is -0.480 e. The first kappa shape index (κ1) is 24.0. The van der Waals surface area contributed by atoms with E-state index in [1.165, 1.54) is 10.7 Å². The first-order chi connectivity index (χ1) is 16.8. The fourth-order valence-electron chi connectivity index (χ4n) is 4.37. The molecule has 1 aliphatic rings. The molecular formula is C26H28N4O5. The SMILES string of the molecule is CC(C)[C@@H](NC(=O)c1cc(CNC(=O)OCC2c3ccccc3-c3ccccc32)nn1C)C(=O)O. The number of amides is 2. The zero-order valence-electron chi connectivity index (χ0n) is 19.8. The molecule has 0 radical (unpaired) electrons. The number of alkyl carbamates (subject to hydrolysis) is 1. The number of nitrogens with one attached hydrogen (secondary N) is 2. The second-order valence-electron chi connectivity index (χ2n) is 8.86. The summed E-state index contributed by atoms with van der Waals surface area (Å²) < 4.78 is 6.87. The summed E-state index contributed by atoms with van der Waals surface area (Å²) in [5.41, 5.74) is 5.20. The van der Waals surface area contributed by atoms with E-state index >= 15 is 0 Å². The Balaban J connectivity index is 1.35. The number of carbonyl (C=O) groups is 3. The van der Waals surface area contributed by atoms with Gasteiger partial charge in [-0.15, -0.1) is 0 Å². The van der Waals surface area contributed by atoms with Crippen LogP contribution < -0.4 is 10.6 Å². The number of fused-ring (bicyclic) bond motifs is 3. The Kier molecular flexibility index (Phi) is 6.86. The van der Waals surface area contributed by atoms with Gasteiger partial charge >= 0.3 is 12.1 Å². The highest BCUT2D eigenvalue weighted by Crippen LogP contribution is 2.44. The largest absolute Gasteiger partial charge is 0.480 e. The van der Waals surface area contributed by atoms with Crippen LogP contribution in [0.2, 0.25) is 0 Å². The van der Waals surface area contributed by atoms with E-state index in [1.54, 1.807) is 20.9 Å². The smallest absolute Gasteiger partial charge is 0.407 e. The van der Waals surface area contributed by atoms with E-state index < -0.39 is 24.0 Å². The lowest BCUT2D eigenvalue weighted by molar-refractivity contribution is -0.140. The number of carboxylic acid groups (broad SMARTS) is 1. The van der Waals surface area contributed by atoms with Crippen molar-refractivity contribution in [1.29, 1.82) is 0 Å². The van der Waals surface area contributed by atoms with Crippen molar-refractivity contribution >= 4 is 18.0 Å². The Morgan fingerprint density at radius 1 is 1.06 bits per heavy atom. The van der Waals surface area contributed by atoms with Crippen LogP contribution >= 0.6 is 0 Å². The van der Waals surface area contributed by atoms with E-state index in [2.05, 4.69) is 40.0 Å². The molecule has 35 heavy (non-hydrogen) atoms. The van der Waals surface area contributed by atoms with Gasteiger partial charge in [0.15, 0.2) is 0 Å². The minimum atomic E-state index is -1.10. The van der Waals surface area contributed by atoms with Crippen molar-refractivity contribution in [2.24, 2.45) is 13.0 Å². The summed E-state index contributed by atoms with van der Waals surface area (Å²) >= 11 is 0. The van der Waals surface area contributed by atoms with Crippen LogP contribution in [-0.2, 0) is 23.1 Å². The van der Waals surface area contributed by atoms with E-state index in [-0.39, 0.29) is 30.7 Å². The Labute approximate surface area is 203 Å². The molecule has 1 aliphatic carbocycles. The van der Waals surface area contributed by atoms with Crippen molar-refractivity contribution in [3.05, 3.63) is 77.1 Å². The van der Waals surface area contributed by atoms with Crippen LogP contribution in [0.5, 0.6) is 0 Å². The topological polar surface area (TPSA) is 123 Å². The molecule has 2 aromatic carbocycles. The van der Waals surface area contributed by atoms with Crippen molar-refractivity contribution in [2.45, 2.75) is 32.4 Å². The zero-order chi connectivity index (χ0) is 25.1. The van der Waals surface area contributed by atoms with E-state index in [1.807, 2.05) is 24.3 Å². The number of aliphatic carboxylic acids is 1. The van der Waals surface area contributed by atoms with Gasteiger partial charge in [-0.25, -0.2) is 9.59 Å². The first-order valence-corrected chi connectivity index (χ1v) is 11.4. The quantitative estimate of drug-likeness (QED) is 0.459. The maximum absolute atomic E-state index is 12.5. The summed E-state index contributed by atoms with van der Waals surface area (Å²) in [6.07, 6.45) is -0.589. The van der Waals surface area contributed by atoms with Gasteiger partial charge in [-0.1, -0.05) is 62.4 Å². The monoisotopic (exact) mass is 476 g/mol. The van der Waals surface area contributed by atoms with Crippen LogP contribution in [0.3, 0.4) is 0 Å². The van der Waals surface area contributed by atoms with Gasteiger partial charge in [0, 0.05) is 13.0 Å². The highest BCUT2D eigenvalue weighted by Gasteiger charge is 2.29. The maximum atomic E-state index is 12.5. The molecule has 0 spiro atoms. The predicted molar refractivity (Wildman–Crippen MR) is 129 cm³/mol. The van der Waals surface area contributed by atoms with Crippen LogP contribution in [0.4, 0.5) is 4.79 Å². The Hall–Kier alpha value is -4.14. The van der Waals surface area contributed by atoms with Gasteiger partial charge in [0.2, 0.25) is 0 Å². The van der Waals surface area contributed by atoms with E-state index in [0.717, 1.165) is 22.3 Å². The summed E-state index contributed by atoms with van der Waals surface area (Å²) in [5.74, 6) is -1.97. The summed E-state index contributed by atoms with van der Waals surface area (Å²) in [6, 6.07) is 16.7. The molecule has 0 unspecified atom stereocenters. The molecule has 1 heterocycles. The number of hydrogen-bond acceptors (Lipinski definition) is 5. The fraction of sp³-hybridized carbons (Fsp3) is 0.308. The van der Waals surface area contributed by atoms with Gasteiger partial charge in [-0.05, 0) is 34.2 Å². The van der Waals surface area contributed by atoms with E-state index in [9.17, 15) is 19.5 Å². The minimum absolute atomic E-state index is 0.0403. The lowest BCUT2D eigenvalue weighted by Crippen LogP contribution is -2.44. The third-order valence-corrected chi connectivity index (χ3v) is 6.14. The normalized spacial score (nSPS) is 13.1. The van der Waals surface area contributed by atoms with Gasteiger partial charge in [0.1, 0.15) is 18.3 Å². The number of rotatable bonds is 8. The number of aromatic nitrogens is 2. The molecule has 2 amide bonds. The third-order valence-electron chi connectivity index (χ3n) is 6.14. The maximum Gasteiger partial charge on any atom is 0.407 e. The molecule has 0 aliphatic heterocycles. The number of ether oxygens (including phenoxy) is 1. The predicted octanol–water partition coefficient (Wildman–Crippen LogP) is 3.30. The molecule has 1 aromatic heterocycles. The number of hydrogen-bond donors (Lipinski definition) is 3. The highest BCUT2D eigenvalue weighted by molar-refractivity contribution is 5.95. The van der Waals surface area contributed by atoms with Crippen molar-refractivity contribution in [2.75, 3.05) is 6.61 Å². The van der Waals surface area contributed by atoms with Crippen LogP contribution in [0, 0.1) is 5.92 Å². The molecule has 4 rings (SSSR count). The average molecular weight is 477 g/mol. The summed E-state index contributed by atoms with van der Waals surface area (Å²) in [6.45, 7) is 3.68. The summed E-state index contributed by atoms with van der Waals surface area (Å²) in [4.78, 5) is 36.3. The molecule has 9 heteroatoms. The molecule has 0 saturated carbocycles. The molecule has 0 bridgehead atoms. The molecule has 0 fully saturated rings. The molecule has 0 saturated heterocycles. The molecule has 182 valence electrons. The van der Waals surface area contributed by atoms with Gasteiger partial charge < -0.3 is 20.5 Å². The fourth-order valence-corrected chi connectivity index (χ4v) is 4.37. The Morgan fingerprint density at radius 3 is 2.23 bits per heavy atom. The Morgan fingerprint density at radius 2 is 1.66 bits per heavy atom. The van der Waals surface area contributed by atoms with E-state index in [4.69, 9.17) is 4.74 Å². The van der Waals surface area contributed by atoms with Crippen LogP contribution in [0.15, 0.2) is 54.6 Å². The van der Waals surface area contributed by atoms with Crippen molar-refractivity contribution in [3.8, 4) is 11.1 Å². The van der Waals surface area contributed by atoms with Crippen molar-refractivity contribution in [1.82, 2.24) is 20.4 Å². The Bertz CT molecular complexity index is 1220. The second-order valence-corrected chi connectivity index (χ2v) is 8.86. The second kappa shape index (κ2) is 10.0. The van der Waals surface area contributed by atoms with Crippen molar-refractivity contribution in [3.63, 3.8) is 0 Å². The van der Waals surface area contributed by atoms with Gasteiger partial charge in [-0.2, -0.15) is 5.10 Å².